The quantitative estimate of drug-likeness (QED) is 0.788. The molecule has 0 radical (unpaired) electrons. The van der Waals surface area contributed by atoms with Crippen molar-refractivity contribution in [3.05, 3.63) is 30.3 Å². The van der Waals surface area contributed by atoms with Crippen molar-refractivity contribution in [2.75, 3.05) is 20.8 Å². The smallest absolute Gasteiger partial charge is 0.208 e. The third kappa shape index (κ3) is 3.11. The van der Waals surface area contributed by atoms with E-state index in [2.05, 4.69) is 17.2 Å². The van der Waals surface area contributed by atoms with Gasteiger partial charge in [0, 0.05) is 0 Å². The molecule has 0 saturated heterocycles. The fraction of sp³-hybridized carbons (Fsp3) is 0.400. The fourth-order valence-electron chi connectivity index (χ4n) is 1.97. The maximum absolute atomic E-state index is 5.77. The number of nitrogens with zero attached hydrogens (tertiary/aromatic N) is 1. The van der Waals surface area contributed by atoms with E-state index in [0.717, 1.165) is 18.5 Å². The molecule has 20 heavy (non-hydrogen) atoms. The molecule has 1 aromatic heterocycles. The third-order valence-electron chi connectivity index (χ3n) is 2.93. The molecule has 0 unspecified atom stereocenters. The Balaban J connectivity index is 2.27. The Hall–Kier alpha value is -2.01. The first-order valence-electron chi connectivity index (χ1n) is 6.67. The summed E-state index contributed by atoms with van der Waals surface area (Å²) in [6.07, 6.45) is 2.78. The molecule has 0 aliphatic heterocycles. The van der Waals surface area contributed by atoms with Gasteiger partial charge in [-0.25, -0.2) is 4.98 Å². The topological polar surface area (TPSA) is 56.5 Å². The van der Waals surface area contributed by atoms with Crippen LogP contribution in [0.4, 0.5) is 0 Å². The Morgan fingerprint density at radius 1 is 1.20 bits per heavy atom. The molecule has 0 aliphatic rings. The maximum Gasteiger partial charge on any atom is 0.208 e. The van der Waals surface area contributed by atoms with Crippen LogP contribution in [0.2, 0.25) is 0 Å². The lowest BCUT2D eigenvalue weighted by Crippen LogP contribution is -2.13. The van der Waals surface area contributed by atoms with Crippen LogP contribution in [-0.4, -0.2) is 25.7 Å². The van der Waals surface area contributed by atoms with Gasteiger partial charge in [0.25, 0.3) is 0 Å². The van der Waals surface area contributed by atoms with Gasteiger partial charge in [0.05, 0.1) is 27.0 Å². The molecular weight excluding hydrogens is 256 g/mol. The highest BCUT2D eigenvalue weighted by Crippen LogP contribution is 2.38. The van der Waals surface area contributed by atoms with Gasteiger partial charge in [-0.1, -0.05) is 13.0 Å². The summed E-state index contributed by atoms with van der Waals surface area (Å²) in [7, 11) is 3.25. The fourth-order valence-corrected chi connectivity index (χ4v) is 1.97. The molecule has 2 rings (SSSR count). The summed E-state index contributed by atoms with van der Waals surface area (Å²) in [6.45, 7) is 3.68. The first-order valence-corrected chi connectivity index (χ1v) is 6.67. The predicted octanol–water partition coefficient (Wildman–Crippen LogP) is 2.86. The zero-order valence-corrected chi connectivity index (χ0v) is 12.1. The monoisotopic (exact) mass is 276 g/mol. The molecule has 5 nitrogen and oxygen atoms in total. The normalized spacial score (nSPS) is 10.6. The highest BCUT2D eigenvalue weighted by molar-refractivity contribution is 5.72. The van der Waals surface area contributed by atoms with Crippen LogP contribution in [0.3, 0.4) is 0 Å². The second-order valence-electron chi connectivity index (χ2n) is 4.33. The SMILES string of the molecule is CCCNCc1ncc(-c2c(OC)cccc2OC)o1. The minimum atomic E-state index is 0.616. The number of benzene rings is 1. The zero-order chi connectivity index (χ0) is 14.4. The molecule has 1 N–H and O–H groups in total. The first-order chi connectivity index (χ1) is 9.80. The molecule has 1 aromatic carbocycles. The van der Waals surface area contributed by atoms with E-state index < -0.39 is 0 Å². The molecule has 0 amide bonds. The Bertz CT molecular complexity index is 530. The summed E-state index contributed by atoms with van der Waals surface area (Å²) >= 11 is 0. The number of hydrogen-bond donors (Lipinski definition) is 1. The van der Waals surface area contributed by atoms with Gasteiger partial charge in [-0.2, -0.15) is 0 Å². The average molecular weight is 276 g/mol. The van der Waals surface area contributed by atoms with Crippen molar-refractivity contribution in [2.24, 2.45) is 0 Å². The van der Waals surface area contributed by atoms with Crippen molar-refractivity contribution in [1.29, 1.82) is 0 Å². The van der Waals surface area contributed by atoms with Crippen LogP contribution >= 0.6 is 0 Å². The minimum Gasteiger partial charge on any atom is -0.496 e. The van der Waals surface area contributed by atoms with Crippen LogP contribution in [0, 0.1) is 0 Å². The molecule has 0 fully saturated rings. The van der Waals surface area contributed by atoms with Gasteiger partial charge in [-0.15, -0.1) is 0 Å². The van der Waals surface area contributed by atoms with Crippen molar-refractivity contribution in [3.63, 3.8) is 0 Å². The molecule has 5 heteroatoms. The van der Waals surface area contributed by atoms with Crippen LogP contribution in [0.1, 0.15) is 19.2 Å². The molecule has 0 bridgehead atoms. The van der Waals surface area contributed by atoms with E-state index >= 15 is 0 Å². The van der Waals surface area contributed by atoms with E-state index in [1.807, 2.05) is 18.2 Å². The molecule has 108 valence electrons. The molecule has 0 aliphatic carbocycles. The van der Waals surface area contributed by atoms with Crippen LogP contribution < -0.4 is 14.8 Å². The largest absolute Gasteiger partial charge is 0.496 e. The van der Waals surface area contributed by atoms with Crippen LogP contribution in [-0.2, 0) is 6.54 Å². The maximum atomic E-state index is 5.77. The lowest BCUT2D eigenvalue weighted by atomic mass is 10.1. The molecule has 0 saturated carbocycles. The Morgan fingerprint density at radius 2 is 1.90 bits per heavy atom. The number of ether oxygens (including phenoxy) is 2. The van der Waals surface area contributed by atoms with Gasteiger partial charge in [-0.3, -0.25) is 0 Å². The zero-order valence-electron chi connectivity index (χ0n) is 12.1. The van der Waals surface area contributed by atoms with Crippen LogP contribution in [0.25, 0.3) is 11.3 Å². The molecule has 2 aromatic rings. The third-order valence-corrected chi connectivity index (χ3v) is 2.93. The van der Waals surface area contributed by atoms with Crippen LogP contribution in [0.5, 0.6) is 11.5 Å². The van der Waals surface area contributed by atoms with Crippen molar-refractivity contribution >= 4 is 0 Å². The molecule has 0 atom stereocenters. The van der Waals surface area contributed by atoms with E-state index in [1.54, 1.807) is 20.4 Å². The Labute approximate surface area is 118 Å². The number of oxazole rings is 1. The molecular formula is C15H20N2O3. The number of hydrogen-bond acceptors (Lipinski definition) is 5. The van der Waals surface area contributed by atoms with Crippen molar-refractivity contribution in [1.82, 2.24) is 10.3 Å². The first kappa shape index (κ1) is 14.4. The van der Waals surface area contributed by atoms with E-state index in [-0.39, 0.29) is 0 Å². The van der Waals surface area contributed by atoms with Gasteiger partial charge >= 0.3 is 0 Å². The van der Waals surface area contributed by atoms with Gasteiger partial charge < -0.3 is 19.2 Å². The highest BCUT2D eigenvalue weighted by atomic mass is 16.5. The number of methoxy groups -OCH3 is 2. The average Bonchev–Trinajstić information content (AvgIpc) is 2.95. The van der Waals surface area contributed by atoms with Crippen molar-refractivity contribution in [2.45, 2.75) is 19.9 Å². The Morgan fingerprint density at radius 3 is 2.50 bits per heavy atom. The summed E-state index contributed by atoms with van der Waals surface area (Å²) in [6, 6.07) is 5.62. The standard InChI is InChI=1S/C15H20N2O3/c1-4-8-16-10-14-17-9-13(20-14)15-11(18-2)6-5-7-12(15)19-3/h5-7,9,16H,4,8,10H2,1-3H3. The summed E-state index contributed by atoms with van der Waals surface area (Å²) in [5, 5.41) is 3.25. The van der Waals surface area contributed by atoms with Gasteiger partial charge in [0.1, 0.15) is 17.1 Å². The number of nitrogens with one attached hydrogen (secondary N) is 1. The molecule has 0 spiro atoms. The van der Waals surface area contributed by atoms with Gasteiger partial charge in [-0.05, 0) is 25.1 Å². The van der Waals surface area contributed by atoms with Gasteiger partial charge in [0.15, 0.2) is 5.76 Å². The Kier molecular flexibility index (Phi) is 5.01. The summed E-state index contributed by atoms with van der Waals surface area (Å²) < 4.78 is 16.5. The summed E-state index contributed by atoms with van der Waals surface area (Å²) in [4.78, 5) is 4.27. The minimum absolute atomic E-state index is 0.616. The lowest BCUT2D eigenvalue weighted by Gasteiger charge is -2.10. The highest BCUT2D eigenvalue weighted by Gasteiger charge is 2.16. The summed E-state index contributed by atoms with van der Waals surface area (Å²) in [5.41, 5.74) is 0.784. The van der Waals surface area contributed by atoms with E-state index in [1.165, 1.54) is 0 Å². The van der Waals surface area contributed by atoms with Crippen molar-refractivity contribution < 1.29 is 13.9 Å². The van der Waals surface area contributed by atoms with Gasteiger partial charge in [0.2, 0.25) is 5.89 Å². The van der Waals surface area contributed by atoms with Crippen molar-refractivity contribution in [3.8, 4) is 22.8 Å². The predicted molar refractivity (Wildman–Crippen MR) is 77.0 cm³/mol. The number of rotatable bonds is 7. The molecule has 1 heterocycles. The van der Waals surface area contributed by atoms with Crippen LogP contribution in [0.15, 0.2) is 28.8 Å². The number of aromatic nitrogens is 1. The second kappa shape index (κ2) is 6.96. The van der Waals surface area contributed by atoms with E-state index in [9.17, 15) is 0 Å². The summed E-state index contributed by atoms with van der Waals surface area (Å²) in [5.74, 6) is 2.70. The lowest BCUT2D eigenvalue weighted by molar-refractivity contribution is 0.393. The van der Waals surface area contributed by atoms with E-state index in [4.69, 9.17) is 13.9 Å². The van der Waals surface area contributed by atoms with E-state index in [0.29, 0.717) is 29.7 Å². The second-order valence-corrected chi connectivity index (χ2v) is 4.33.